The summed E-state index contributed by atoms with van der Waals surface area (Å²) in [7, 11) is 0. The first kappa shape index (κ1) is 133. The third-order valence-corrected chi connectivity index (χ3v) is 41.2. The Morgan fingerprint density at radius 2 is 0.699 bits per heavy atom. The van der Waals surface area contributed by atoms with Crippen LogP contribution in [0, 0.1) is 35.5 Å². The second-order valence-electron chi connectivity index (χ2n) is 42.6. The van der Waals surface area contributed by atoms with E-state index in [9.17, 15) is 72.8 Å². The van der Waals surface area contributed by atoms with Crippen molar-refractivity contribution in [3.05, 3.63) is 0 Å². The quantitative estimate of drug-likeness (QED) is 0.0353. The summed E-state index contributed by atoms with van der Waals surface area (Å²) in [6.45, 7) is 36.8. The van der Waals surface area contributed by atoms with E-state index in [0.29, 0.717) is 63.3 Å². The van der Waals surface area contributed by atoms with Gasteiger partial charge in [0, 0.05) is 84.2 Å². The molecule has 0 aromatic carbocycles. The van der Waals surface area contributed by atoms with Gasteiger partial charge in [-0.05, 0) is 237 Å². The Balaban J connectivity index is 0.000000274. The fourth-order valence-corrected chi connectivity index (χ4v) is 34.0. The number of hydrogen-bond acceptors (Lipinski definition) is 43. The van der Waals surface area contributed by atoms with Crippen LogP contribution in [0.25, 0.3) is 0 Å². The summed E-state index contributed by atoms with van der Waals surface area (Å²) in [5.74, 6) is -1.58. The topological polar surface area (TPSA) is 514 Å². The predicted octanol–water partition coefficient (Wildman–Crippen LogP) is 13.6. The monoisotopic (exact) mass is 2240 g/mol. The third kappa shape index (κ3) is 46.6. The zero-order valence-corrected chi connectivity index (χ0v) is 98.8. The van der Waals surface area contributed by atoms with Gasteiger partial charge in [0.2, 0.25) is 5.79 Å². The molecule has 0 aromatic rings. The van der Waals surface area contributed by atoms with E-state index in [1.54, 1.807) is 6.92 Å². The molecule has 0 spiro atoms. The van der Waals surface area contributed by atoms with Crippen LogP contribution in [-0.2, 0) is 131 Å². The highest BCUT2D eigenvalue weighted by atomic mass is 32.7. The van der Waals surface area contributed by atoms with Crippen molar-refractivity contribution in [3.8, 4) is 0 Å². The molecular formula is C95H180O38P5S5-5. The van der Waals surface area contributed by atoms with E-state index in [1.807, 2.05) is 201 Å². The first-order valence-electron chi connectivity index (χ1n) is 51.4. The maximum atomic E-state index is 12.7. The zero-order valence-electron chi connectivity index (χ0n) is 90.2. The summed E-state index contributed by atoms with van der Waals surface area (Å²) in [5, 5.41) is 50.0. The lowest BCUT2D eigenvalue weighted by atomic mass is 9.91. The molecule has 8 saturated heterocycles. The van der Waals surface area contributed by atoms with E-state index in [2.05, 4.69) is 0 Å². The minimum atomic E-state index is -4.29. The molecule has 48 heteroatoms. The van der Waals surface area contributed by atoms with Crippen LogP contribution in [-0.4, -0.2) is 332 Å². The molecular weight excluding hydrogens is 2060 g/mol. The van der Waals surface area contributed by atoms with Gasteiger partial charge in [-0.3, -0.25) is 22.8 Å². The number of aliphatic hydroxyl groups excluding tert-OH is 4. The lowest BCUT2D eigenvalue weighted by molar-refractivity contribution is -0.261. The highest BCUT2D eigenvalue weighted by Crippen LogP contribution is 2.62. The molecule has 8 aliphatic heterocycles. The molecule has 0 aromatic heterocycles. The van der Waals surface area contributed by atoms with Gasteiger partial charge in [0.1, 0.15) is 30.5 Å². The summed E-state index contributed by atoms with van der Waals surface area (Å²) in [4.78, 5) is 63.2. The molecule has 10 aliphatic rings. The molecule has 8 heterocycles. The van der Waals surface area contributed by atoms with Gasteiger partial charge >= 0.3 is 0 Å². The second kappa shape index (κ2) is 62.2. The van der Waals surface area contributed by atoms with Gasteiger partial charge in [0.15, 0.2) is 34.0 Å². The first-order valence-corrected chi connectivity index (χ1v) is 66.9. The number of rotatable bonds is 53. The zero-order chi connectivity index (χ0) is 108. The fourth-order valence-electron chi connectivity index (χ4n) is 19.0. The van der Waals surface area contributed by atoms with Crippen LogP contribution < -0.4 is 24.5 Å². The van der Waals surface area contributed by atoms with E-state index in [1.165, 1.54) is 0 Å². The fraction of sp³-hybridized carbons (Fsp3) is 1.00. The maximum Gasteiger partial charge on any atom is 0.217 e. The van der Waals surface area contributed by atoms with Crippen LogP contribution in [0.4, 0.5) is 0 Å². The van der Waals surface area contributed by atoms with Crippen molar-refractivity contribution in [3.63, 3.8) is 0 Å². The van der Waals surface area contributed by atoms with E-state index in [0.717, 1.165) is 64.8 Å². The van der Waals surface area contributed by atoms with Crippen molar-refractivity contribution in [1.82, 2.24) is 0 Å². The van der Waals surface area contributed by atoms with Gasteiger partial charge in [-0.2, -0.15) is 0 Å². The molecule has 38 nitrogen and oxygen atoms in total. The van der Waals surface area contributed by atoms with Crippen LogP contribution in [0.2, 0.25) is 0 Å². The summed E-state index contributed by atoms with van der Waals surface area (Å²) < 4.78 is 194. The van der Waals surface area contributed by atoms with Crippen LogP contribution in [0.5, 0.6) is 0 Å². The molecule has 2 aliphatic carbocycles. The SMILES string of the molecule is CC(C)OC[C@@]1(CO)O[C@@H](C)C[C@H]1OP(=O)([O-])SC[C@H]1O[C@@H](C)C[C@H]1OC(C)C.CC(C)OC[C@@]1(O)O[C@@H](C)C[C@H]1OP(=O)([O-])SC[C@H]1O[C@@H](C)C[C@H]1OC(C)C.CC(C)OC[C@H]1C(CO)[C@@H](C)C[C@H]1OP(=O)([O-])SC[C@H]1O[C@@H](C)C[C@H]1OC(C)C.CC(C)OC[C@H]1O[C@@H](C)C[C@H]1SP(=O)([O-])OC[C@H]1C(O)[C@@H](C)C[C@H]1OC(C)C.CC(C)OC[C@H]1O[C@@H](C)C[C@H]1SP(=O)([O-])OC[C@H]1O[C@@H](C)C(CO)[C@H]1OC(C)C. The van der Waals surface area contributed by atoms with Crippen molar-refractivity contribution in [1.29, 1.82) is 0 Å². The van der Waals surface area contributed by atoms with Gasteiger partial charge in [0.25, 0.3) is 0 Å². The molecule has 38 atom stereocenters. The Morgan fingerprint density at radius 1 is 0.336 bits per heavy atom. The van der Waals surface area contributed by atoms with Gasteiger partial charge in [-0.15, -0.1) is 0 Å². The molecule has 10 rings (SSSR count). The first-order chi connectivity index (χ1) is 66.4. The lowest BCUT2D eigenvalue weighted by Gasteiger charge is -2.36. The van der Waals surface area contributed by atoms with Crippen molar-refractivity contribution in [2.45, 2.75) is 489 Å². The number of aliphatic hydroxyl groups is 5. The molecule has 848 valence electrons. The molecule has 8 unspecified atom stereocenters. The average Bonchev–Trinajstić information content (AvgIpc) is 1.63. The van der Waals surface area contributed by atoms with Crippen molar-refractivity contribution >= 4 is 90.9 Å². The maximum absolute atomic E-state index is 12.7. The number of hydrogen-bond donors (Lipinski definition) is 5. The molecule has 0 bridgehead atoms. The summed E-state index contributed by atoms with van der Waals surface area (Å²) >= 11 is 3.85. The number of ether oxygens (including phenoxy) is 18. The summed E-state index contributed by atoms with van der Waals surface area (Å²) in [6.07, 6.45) is -1.25. The van der Waals surface area contributed by atoms with E-state index in [-0.39, 0.29) is 281 Å². The molecule has 0 radical (unpaired) electrons. The van der Waals surface area contributed by atoms with Crippen molar-refractivity contribution < 1.29 is 181 Å². The van der Waals surface area contributed by atoms with Crippen LogP contribution in [0.15, 0.2) is 0 Å². The highest BCUT2D eigenvalue weighted by Gasteiger charge is 2.54. The van der Waals surface area contributed by atoms with Crippen LogP contribution in [0.3, 0.4) is 0 Å². The third-order valence-electron chi connectivity index (χ3n) is 25.5. The van der Waals surface area contributed by atoms with Crippen molar-refractivity contribution in [2.75, 3.05) is 83.3 Å². The van der Waals surface area contributed by atoms with E-state index >= 15 is 0 Å². The minimum Gasteiger partial charge on any atom is -0.770 e. The van der Waals surface area contributed by atoms with Gasteiger partial charge in [-0.1, -0.05) is 70.8 Å². The Kier molecular flexibility index (Phi) is 58.0. The Labute approximate surface area is 873 Å². The molecule has 143 heavy (non-hydrogen) atoms. The van der Waals surface area contributed by atoms with Crippen LogP contribution in [0.1, 0.15) is 265 Å². The van der Waals surface area contributed by atoms with E-state index < -0.39 is 82.0 Å². The van der Waals surface area contributed by atoms with Gasteiger partial charge in [-0.25, -0.2) is 0 Å². The van der Waals surface area contributed by atoms with E-state index in [4.69, 9.17) is 108 Å². The smallest absolute Gasteiger partial charge is 0.217 e. The molecule has 5 N–H and O–H groups in total. The predicted molar refractivity (Wildman–Crippen MR) is 546 cm³/mol. The lowest BCUT2D eigenvalue weighted by Crippen LogP contribution is -2.49. The van der Waals surface area contributed by atoms with Crippen LogP contribution >= 0.6 is 90.9 Å². The Morgan fingerprint density at radius 3 is 1.11 bits per heavy atom. The minimum absolute atomic E-state index is 0.00543. The Hall–Kier alpha value is 1.58. The van der Waals surface area contributed by atoms with Gasteiger partial charge < -0.3 is 158 Å². The molecule has 10 fully saturated rings. The summed E-state index contributed by atoms with van der Waals surface area (Å²) in [6, 6.07) is 0. The standard InChI is InChI=1S/C20H39O7PS.2C19H37O8PS.C19H37O7PS.C18H35O8PS/c1-12(2)24-10-17-16(9-21)14(5)7-18(17)27-28(22,23)29-11-20-19(25-13(3)4)8-15(6)26-20;1-12(2)23-11-19(10-20)18(8-15(6)26-19)27-28(21,22)29-9-17-16(24-13(3)4)7-14(5)25-17;1-11(2)23-9-16-18(7-13(5)26-16)29-28(21,22)24-10-17-19(25-12(3)4)15(8-20)14(6)27-17;1-11(2)23-10-17-18(8-14(6)26-17)28-27(21,22)24-9-15-16(25-12(3)4)7-13(5)19(15)20;1-11(2)22-10-18(19)17(8-14(6)25-18)26-27(20,21)28-9-16-15(23-12(3)4)7-13(5)24-16/h12-21H,7-11H2,1-6H3,(H,22,23);12-18,20H,7-11H2,1-6H3,(H,21,22);11-20H,7-10H2,1-6H3,(H,21,22);11-20H,7-10H2,1-6H3,(H,21,22);11-17,19H,7-10H2,1-6H3,(H,20,21)/p-5/t14-,15-,16?,17-,18+,19+,20+;14-,15-,16+,17+,18+,19+;13-,14-,15?,16+,17+,18+,19+;13-,14-,15+,16+,17+,18+,19?;13-,14-,15+,16+,17+,18+/m00000/s1. The normalized spacial score (nSPS) is 37.9. The molecule has 2 saturated carbocycles. The molecule has 0 amide bonds. The highest BCUT2D eigenvalue weighted by molar-refractivity contribution is 8.55. The van der Waals surface area contributed by atoms with Crippen molar-refractivity contribution in [2.24, 2.45) is 35.5 Å². The average molecular weight is 2250 g/mol. The van der Waals surface area contributed by atoms with Gasteiger partial charge in [0.05, 0.1) is 236 Å². The largest absolute Gasteiger partial charge is 0.770 e. The summed E-state index contributed by atoms with van der Waals surface area (Å²) in [5.41, 5.74) is -1.19. The second-order valence-corrected chi connectivity index (χ2v) is 61.9. The Bertz CT molecular complexity index is 3830.